The molecule has 1 N–H and O–H groups in total. The molecule has 3 nitrogen and oxygen atoms in total. The van der Waals surface area contributed by atoms with Crippen molar-refractivity contribution in [1.82, 2.24) is 0 Å². The van der Waals surface area contributed by atoms with Gasteiger partial charge in [0, 0.05) is 16.6 Å². The number of hydrogen-bond donors (Lipinski definition) is 1. The van der Waals surface area contributed by atoms with Crippen LogP contribution in [0.5, 0.6) is 5.75 Å². The molecule has 0 heterocycles. The Bertz CT molecular complexity index is 339. The topological polar surface area (TPSA) is 32.5 Å². The lowest BCUT2D eigenvalue weighted by Crippen LogP contribution is -1.99. The van der Waals surface area contributed by atoms with Crippen molar-refractivity contribution >= 4 is 24.2 Å². The minimum Gasteiger partial charge on any atom is -0.508 e. The Balaban J connectivity index is 3.00. The maximum Gasteiger partial charge on any atom is 0.260 e. The molecule has 1 aromatic carbocycles. The highest BCUT2D eigenvalue weighted by molar-refractivity contribution is 7.97. The van der Waals surface area contributed by atoms with Crippen molar-refractivity contribution in [2.45, 2.75) is 5.75 Å². The maximum atomic E-state index is 9.45. The van der Waals surface area contributed by atoms with Gasteiger partial charge in [-0.3, -0.25) is 4.84 Å². The van der Waals surface area contributed by atoms with Gasteiger partial charge in [0.15, 0.2) is 6.72 Å². The van der Waals surface area contributed by atoms with E-state index in [-0.39, 0.29) is 5.75 Å². The molecule has 0 aliphatic rings. The smallest absolute Gasteiger partial charge is 0.260 e. The van der Waals surface area contributed by atoms with Crippen molar-refractivity contribution in [3.63, 3.8) is 0 Å². The molecule has 76 valence electrons. The fourth-order valence-corrected chi connectivity index (χ4v) is 1.66. The zero-order valence-corrected chi connectivity index (χ0v) is 9.17. The third-order valence-corrected chi connectivity index (χ3v) is 2.40. The van der Waals surface area contributed by atoms with Gasteiger partial charge in [0.05, 0.1) is 6.07 Å². The zero-order chi connectivity index (χ0) is 10.6. The van der Waals surface area contributed by atoms with Crippen LogP contribution in [0.15, 0.2) is 18.2 Å². The number of phenols is 1. The quantitative estimate of drug-likeness (QED) is 0.471. The van der Waals surface area contributed by atoms with Crippen LogP contribution in [-0.4, -0.2) is 29.9 Å². The predicted octanol–water partition coefficient (Wildman–Crippen LogP) is 2.16. The lowest BCUT2D eigenvalue weighted by atomic mass is 10.2. The number of benzene rings is 1. The van der Waals surface area contributed by atoms with Crippen LogP contribution in [0, 0.1) is 0 Å². The summed E-state index contributed by atoms with van der Waals surface area (Å²) >= 11 is 1.70. The van der Waals surface area contributed by atoms with E-state index in [0.29, 0.717) is 0 Å². The summed E-state index contributed by atoms with van der Waals surface area (Å²) in [5.41, 5.74) is 1.80. The first-order valence-electron chi connectivity index (χ1n) is 4.14. The highest BCUT2D eigenvalue weighted by Crippen LogP contribution is 2.23. The molecule has 1 rings (SSSR count). The Kier molecular flexibility index (Phi) is 3.83. The van der Waals surface area contributed by atoms with E-state index in [1.165, 1.54) is 11.8 Å². The molecular weight excluding hydrogens is 198 g/mol. The molecule has 0 radical (unpaired) electrons. The van der Waals surface area contributed by atoms with Gasteiger partial charge in [-0.15, -0.1) is 0 Å². The third kappa shape index (κ3) is 2.67. The standard InChI is InChI=1S/C10H13NO2S/c1-11(13-2)9-4-8(7-14-3)5-10(12)6-9/h4-6H,1,7H2,2-3H3/p+1. The van der Waals surface area contributed by atoms with Crippen molar-refractivity contribution in [1.29, 1.82) is 0 Å². The van der Waals surface area contributed by atoms with Crippen molar-refractivity contribution in [2.75, 3.05) is 13.4 Å². The van der Waals surface area contributed by atoms with Gasteiger partial charge in [-0.1, -0.05) is 0 Å². The number of aromatic hydroxyl groups is 1. The summed E-state index contributed by atoms with van der Waals surface area (Å²) in [6.45, 7) is 3.66. The largest absolute Gasteiger partial charge is 0.508 e. The minimum absolute atomic E-state index is 0.234. The molecule has 0 aliphatic heterocycles. The van der Waals surface area contributed by atoms with E-state index in [1.807, 2.05) is 12.3 Å². The summed E-state index contributed by atoms with van der Waals surface area (Å²) in [5, 5.41) is 9.45. The second-order valence-electron chi connectivity index (χ2n) is 2.85. The molecule has 4 heteroatoms. The number of hydrogen-bond acceptors (Lipinski definition) is 3. The molecule has 0 bridgehead atoms. The molecule has 0 spiro atoms. The van der Waals surface area contributed by atoms with Crippen molar-refractivity contribution in [3.8, 4) is 5.75 Å². The van der Waals surface area contributed by atoms with Crippen molar-refractivity contribution in [3.05, 3.63) is 23.8 Å². The number of thioether (sulfide) groups is 1. The van der Waals surface area contributed by atoms with Gasteiger partial charge in [-0.2, -0.15) is 11.8 Å². The monoisotopic (exact) mass is 212 g/mol. The second kappa shape index (κ2) is 4.91. The van der Waals surface area contributed by atoms with E-state index < -0.39 is 0 Å². The van der Waals surface area contributed by atoms with E-state index >= 15 is 0 Å². The SMILES string of the molecule is C=[N+](OC)c1cc(O)cc(CSC)c1. The molecule has 0 atom stereocenters. The van der Waals surface area contributed by atoms with Crippen LogP contribution in [0.1, 0.15) is 5.56 Å². The third-order valence-electron chi connectivity index (χ3n) is 1.78. The normalized spacial score (nSPS) is 9.86. The molecule has 0 saturated carbocycles. The van der Waals surface area contributed by atoms with Gasteiger partial charge in [-0.25, -0.2) is 0 Å². The molecule has 14 heavy (non-hydrogen) atoms. The van der Waals surface area contributed by atoms with Gasteiger partial charge >= 0.3 is 0 Å². The van der Waals surface area contributed by atoms with E-state index in [2.05, 4.69) is 6.72 Å². The molecule has 0 amide bonds. The summed E-state index contributed by atoms with van der Waals surface area (Å²) in [5.74, 6) is 1.09. The number of phenolic OH excluding ortho intramolecular Hbond substituents is 1. The predicted molar refractivity (Wildman–Crippen MR) is 59.4 cm³/mol. The molecule has 0 aliphatic carbocycles. The van der Waals surface area contributed by atoms with Crippen LogP contribution in [0.25, 0.3) is 0 Å². The Labute approximate surface area is 88.0 Å². The Morgan fingerprint density at radius 3 is 2.79 bits per heavy atom. The highest BCUT2D eigenvalue weighted by Gasteiger charge is 2.09. The summed E-state index contributed by atoms with van der Waals surface area (Å²) in [4.78, 5) is 4.93. The molecule has 0 unspecified atom stereocenters. The lowest BCUT2D eigenvalue weighted by molar-refractivity contribution is -0.714. The second-order valence-corrected chi connectivity index (χ2v) is 3.72. The van der Waals surface area contributed by atoms with Crippen LogP contribution in [0.4, 0.5) is 5.69 Å². The first-order chi connectivity index (χ1) is 6.67. The molecule has 0 fully saturated rings. The van der Waals surface area contributed by atoms with Crippen LogP contribution in [0.2, 0.25) is 0 Å². The summed E-state index contributed by atoms with van der Waals surface area (Å²) in [6.07, 6.45) is 2.02. The Hall–Kier alpha value is -1.16. The van der Waals surface area contributed by atoms with Crippen LogP contribution >= 0.6 is 11.8 Å². The summed E-state index contributed by atoms with van der Waals surface area (Å²) < 4.78 is 1.36. The van der Waals surface area contributed by atoms with Gasteiger partial charge in [-0.05, 0) is 17.9 Å². The molecule has 0 aromatic heterocycles. The first kappa shape index (κ1) is 10.9. The van der Waals surface area contributed by atoms with Gasteiger partial charge in [0.2, 0.25) is 0 Å². The number of nitrogens with zero attached hydrogens (tertiary/aromatic N) is 1. The van der Waals surface area contributed by atoms with E-state index in [0.717, 1.165) is 17.0 Å². The first-order valence-corrected chi connectivity index (χ1v) is 5.53. The van der Waals surface area contributed by atoms with Crippen LogP contribution < -0.4 is 0 Å². The molecule has 1 aromatic rings. The molecule has 0 saturated heterocycles. The van der Waals surface area contributed by atoms with Gasteiger partial charge < -0.3 is 5.11 Å². The zero-order valence-electron chi connectivity index (χ0n) is 8.36. The van der Waals surface area contributed by atoms with Crippen molar-refractivity contribution < 1.29 is 14.7 Å². The van der Waals surface area contributed by atoms with Gasteiger partial charge in [0.1, 0.15) is 12.9 Å². The Morgan fingerprint density at radius 1 is 1.50 bits per heavy atom. The summed E-state index contributed by atoms with van der Waals surface area (Å²) in [6, 6.07) is 5.29. The Morgan fingerprint density at radius 2 is 2.21 bits per heavy atom. The fourth-order valence-electron chi connectivity index (χ4n) is 1.16. The maximum absolute atomic E-state index is 9.45. The highest BCUT2D eigenvalue weighted by atomic mass is 32.2. The molecular formula is C10H14NO2S+. The van der Waals surface area contributed by atoms with Gasteiger partial charge in [0.25, 0.3) is 5.69 Å². The average molecular weight is 212 g/mol. The van der Waals surface area contributed by atoms with E-state index in [9.17, 15) is 5.11 Å². The van der Waals surface area contributed by atoms with Crippen LogP contribution in [-0.2, 0) is 10.6 Å². The average Bonchev–Trinajstić information content (AvgIpc) is 2.16. The lowest BCUT2D eigenvalue weighted by Gasteiger charge is -2.01. The van der Waals surface area contributed by atoms with Crippen molar-refractivity contribution in [2.24, 2.45) is 0 Å². The summed E-state index contributed by atoms with van der Waals surface area (Å²) in [7, 11) is 1.53. The minimum atomic E-state index is 0.234. The van der Waals surface area contributed by atoms with Crippen LogP contribution in [0.3, 0.4) is 0 Å². The van der Waals surface area contributed by atoms with E-state index in [4.69, 9.17) is 4.84 Å². The number of rotatable bonds is 4. The fraction of sp³-hybridized carbons (Fsp3) is 0.300. The van der Waals surface area contributed by atoms with E-state index in [1.54, 1.807) is 23.9 Å².